The molecule has 104 valence electrons. The number of nitrogens with zero attached hydrogens (tertiary/aromatic N) is 1. The van der Waals surface area contributed by atoms with Crippen LogP contribution in [0.5, 0.6) is 0 Å². The lowest BCUT2D eigenvalue weighted by atomic mass is 9.93. The van der Waals surface area contributed by atoms with E-state index in [1.807, 2.05) is 4.90 Å². The van der Waals surface area contributed by atoms with E-state index in [4.69, 9.17) is 5.73 Å². The molecule has 1 saturated heterocycles. The molecule has 1 aliphatic heterocycles. The highest BCUT2D eigenvalue weighted by Crippen LogP contribution is 2.24. The number of benzene rings is 1. The van der Waals surface area contributed by atoms with Crippen LogP contribution in [0.4, 0.5) is 4.39 Å². The zero-order valence-electron chi connectivity index (χ0n) is 10.7. The number of halogens is 2. The molecule has 0 saturated carbocycles. The highest BCUT2D eigenvalue weighted by atomic mass is 79.9. The molecule has 0 radical (unpaired) electrons. The lowest BCUT2D eigenvalue weighted by Crippen LogP contribution is -2.39. The van der Waals surface area contributed by atoms with E-state index in [0.717, 1.165) is 32.4 Å². The zero-order valence-corrected chi connectivity index (χ0v) is 12.3. The fourth-order valence-electron chi connectivity index (χ4n) is 2.49. The molecule has 1 aliphatic rings. The molecule has 1 aromatic rings. The Morgan fingerprint density at radius 1 is 1.42 bits per heavy atom. The topological polar surface area (TPSA) is 46.3 Å². The van der Waals surface area contributed by atoms with Gasteiger partial charge < -0.3 is 10.6 Å². The molecule has 5 heteroatoms. The summed E-state index contributed by atoms with van der Waals surface area (Å²) in [6, 6.07) is 4.18. The second-order valence-electron chi connectivity index (χ2n) is 4.94. The first-order chi connectivity index (χ1) is 9.11. The molecule has 3 nitrogen and oxygen atoms in total. The van der Waals surface area contributed by atoms with Gasteiger partial charge in [0.1, 0.15) is 5.82 Å². The molecular formula is C14H18BrFN2O. The fourth-order valence-corrected chi connectivity index (χ4v) is 3.01. The summed E-state index contributed by atoms with van der Waals surface area (Å²) in [7, 11) is 0. The largest absolute Gasteiger partial charge is 0.339 e. The molecule has 0 unspecified atom stereocenters. The van der Waals surface area contributed by atoms with Crippen molar-refractivity contribution in [1.82, 2.24) is 4.90 Å². The number of carbonyl (C=O) groups excluding carboxylic acids is 1. The van der Waals surface area contributed by atoms with Gasteiger partial charge in [-0.2, -0.15) is 0 Å². The minimum absolute atomic E-state index is 0.0296. The Hall–Kier alpha value is -0.940. The number of nitrogens with two attached hydrogens (primary N) is 1. The van der Waals surface area contributed by atoms with Crippen molar-refractivity contribution in [2.75, 3.05) is 19.6 Å². The Kier molecular flexibility index (Phi) is 4.93. The van der Waals surface area contributed by atoms with Gasteiger partial charge in [-0.1, -0.05) is 0 Å². The van der Waals surface area contributed by atoms with Crippen LogP contribution in [0.3, 0.4) is 0 Å². The van der Waals surface area contributed by atoms with Crippen molar-refractivity contribution in [1.29, 1.82) is 0 Å². The van der Waals surface area contributed by atoms with Gasteiger partial charge in [0.05, 0.1) is 5.56 Å². The molecule has 0 aliphatic carbocycles. The van der Waals surface area contributed by atoms with E-state index in [2.05, 4.69) is 15.9 Å². The number of piperidine rings is 1. The van der Waals surface area contributed by atoms with Crippen LogP contribution in [0.15, 0.2) is 22.7 Å². The lowest BCUT2D eigenvalue weighted by Gasteiger charge is -2.32. The molecule has 1 fully saturated rings. The Morgan fingerprint density at radius 3 is 2.68 bits per heavy atom. The number of hydrogen-bond acceptors (Lipinski definition) is 2. The first-order valence-electron chi connectivity index (χ1n) is 6.56. The molecule has 19 heavy (non-hydrogen) atoms. The second kappa shape index (κ2) is 6.48. The third kappa shape index (κ3) is 3.54. The van der Waals surface area contributed by atoms with Crippen LogP contribution >= 0.6 is 15.9 Å². The maximum absolute atomic E-state index is 13.0. The SMILES string of the molecule is NCCC1CCN(C(=O)c2ccc(F)cc2Br)CC1. The zero-order chi connectivity index (χ0) is 13.8. The first-order valence-corrected chi connectivity index (χ1v) is 7.35. The standard InChI is InChI=1S/C14H18BrFN2O/c15-13-9-11(16)1-2-12(13)14(19)18-7-4-10(3-6-17)5-8-18/h1-2,9-10H,3-8,17H2. The van der Waals surface area contributed by atoms with Crippen molar-refractivity contribution in [3.63, 3.8) is 0 Å². The maximum Gasteiger partial charge on any atom is 0.255 e. The molecule has 2 rings (SSSR count). The molecule has 0 bridgehead atoms. The van der Waals surface area contributed by atoms with E-state index in [9.17, 15) is 9.18 Å². The van der Waals surface area contributed by atoms with Crippen LogP contribution in [-0.2, 0) is 0 Å². The monoisotopic (exact) mass is 328 g/mol. The summed E-state index contributed by atoms with van der Waals surface area (Å²) in [5.41, 5.74) is 6.08. The van der Waals surface area contributed by atoms with E-state index in [1.165, 1.54) is 18.2 Å². The fraction of sp³-hybridized carbons (Fsp3) is 0.500. The molecule has 0 atom stereocenters. The van der Waals surface area contributed by atoms with Crippen LogP contribution in [0.1, 0.15) is 29.6 Å². The Labute approximate surface area is 121 Å². The van der Waals surface area contributed by atoms with E-state index >= 15 is 0 Å². The van der Waals surface area contributed by atoms with E-state index < -0.39 is 0 Å². The Bertz CT molecular complexity index is 459. The van der Waals surface area contributed by atoms with Crippen molar-refractivity contribution < 1.29 is 9.18 Å². The van der Waals surface area contributed by atoms with Gasteiger partial charge in [0, 0.05) is 17.6 Å². The summed E-state index contributed by atoms with van der Waals surface area (Å²) in [5, 5.41) is 0. The normalized spacial score (nSPS) is 16.7. The molecule has 1 heterocycles. The van der Waals surface area contributed by atoms with Gasteiger partial charge in [-0.05, 0) is 65.9 Å². The number of hydrogen-bond donors (Lipinski definition) is 1. The van der Waals surface area contributed by atoms with Crippen LogP contribution < -0.4 is 5.73 Å². The van der Waals surface area contributed by atoms with Crippen molar-refractivity contribution in [3.8, 4) is 0 Å². The molecule has 1 aromatic carbocycles. The number of amides is 1. The van der Waals surface area contributed by atoms with Gasteiger partial charge in [-0.15, -0.1) is 0 Å². The number of rotatable bonds is 3. The van der Waals surface area contributed by atoms with Gasteiger partial charge in [-0.3, -0.25) is 4.79 Å². The van der Waals surface area contributed by atoms with Crippen LogP contribution in [-0.4, -0.2) is 30.4 Å². The van der Waals surface area contributed by atoms with E-state index in [1.54, 1.807) is 0 Å². The van der Waals surface area contributed by atoms with Crippen molar-refractivity contribution in [2.45, 2.75) is 19.3 Å². The van der Waals surface area contributed by atoms with Crippen molar-refractivity contribution in [2.24, 2.45) is 11.7 Å². The molecule has 2 N–H and O–H groups in total. The number of carbonyl (C=O) groups is 1. The smallest absolute Gasteiger partial charge is 0.255 e. The van der Waals surface area contributed by atoms with E-state index in [0.29, 0.717) is 22.5 Å². The van der Waals surface area contributed by atoms with Gasteiger partial charge in [0.2, 0.25) is 0 Å². The molecule has 0 aromatic heterocycles. The molecule has 1 amide bonds. The number of likely N-dealkylation sites (tertiary alicyclic amines) is 1. The average Bonchev–Trinajstić information content (AvgIpc) is 2.39. The van der Waals surface area contributed by atoms with Crippen LogP contribution in [0, 0.1) is 11.7 Å². The van der Waals surface area contributed by atoms with Gasteiger partial charge in [0.15, 0.2) is 0 Å². The third-order valence-corrected chi connectivity index (χ3v) is 4.29. The molecule has 0 spiro atoms. The van der Waals surface area contributed by atoms with E-state index in [-0.39, 0.29) is 11.7 Å². The first kappa shape index (κ1) is 14.5. The Balaban J connectivity index is 2.01. The highest BCUT2D eigenvalue weighted by molar-refractivity contribution is 9.10. The highest BCUT2D eigenvalue weighted by Gasteiger charge is 2.24. The summed E-state index contributed by atoms with van der Waals surface area (Å²) >= 11 is 3.25. The third-order valence-electron chi connectivity index (χ3n) is 3.64. The van der Waals surface area contributed by atoms with Crippen molar-refractivity contribution in [3.05, 3.63) is 34.1 Å². The van der Waals surface area contributed by atoms with Gasteiger partial charge >= 0.3 is 0 Å². The van der Waals surface area contributed by atoms with Gasteiger partial charge in [-0.25, -0.2) is 4.39 Å². The molecular weight excluding hydrogens is 311 g/mol. The van der Waals surface area contributed by atoms with Crippen LogP contribution in [0.25, 0.3) is 0 Å². The predicted molar refractivity (Wildman–Crippen MR) is 76.4 cm³/mol. The minimum Gasteiger partial charge on any atom is -0.339 e. The lowest BCUT2D eigenvalue weighted by molar-refractivity contribution is 0.0687. The Morgan fingerprint density at radius 2 is 2.11 bits per heavy atom. The summed E-state index contributed by atoms with van der Waals surface area (Å²) in [6.07, 6.45) is 3.03. The summed E-state index contributed by atoms with van der Waals surface area (Å²) in [6.45, 7) is 2.22. The predicted octanol–water partition coefficient (Wildman–Crippen LogP) is 2.79. The average molecular weight is 329 g/mol. The van der Waals surface area contributed by atoms with Crippen molar-refractivity contribution >= 4 is 21.8 Å². The van der Waals surface area contributed by atoms with Crippen LogP contribution in [0.2, 0.25) is 0 Å². The quantitative estimate of drug-likeness (QED) is 0.927. The summed E-state index contributed by atoms with van der Waals surface area (Å²) in [5.74, 6) is 0.258. The maximum atomic E-state index is 13.0. The van der Waals surface area contributed by atoms with Gasteiger partial charge in [0.25, 0.3) is 5.91 Å². The second-order valence-corrected chi connectivity index (χ2v) is 5.79. The summed E-state index contributed by atoms with van der Waals surface area (Å²) < 4.78 is 13.5. The summed E-state index contributed by atoms with van der Waals surface area (Å²) in [4.78, 5) is 14.2. The minimum atomic E-state index is -0.343.